The molecule has 4 aliphatic carbocycles. The van der Waals surface area contributed by atoms with Gasteiger partial charge >= 0.3 is 5.97 Å². The summed E-state index contributed by atoms with van der Waals surface area (Å²) in [6, 6.07) is 0. The number of methoxy groups -OCH3 is 1. The standard InChI is InChI=1S/C25H42O3/c1-16(5-10-23(27)28-4)20-8-9-21-19-7-6-17-15-18(26)11-13-24(17,2)22(19)12-14-25(20,21)3/h16-22,26H,5-15H2,1-4H3/t16-,17+,18+,19+,20+,21-,22-,24-,25+/m1/s1. The lowest BCUT2D eigenvalue weighted by molar-refractivity contribution is -0.141. The first-order valence-corrected chi connectivity index (χ1v) is 12.0. The molecular formula is C25H42O3. The smallest absolute Gasteiger partial charge is 0.305 e. The van der Waals surface area contributed by atoms with E-state index in [0.717, 1.165) is 48.9 Å². The first kappa shape index (κ1) is 20.7. The van der Waals surface area contributed by atoms with Crippen LogP contribution in [0, 0.1) is 46.3 Å². The Morgan fingerprint density at radius 2 is 1.75 bits per heavy atom. The third-order valence-corrected chi connectivity index (χ3v) is 10.4. The summed E-state index contributed by atoms with van der Waals surface area (Å²) >= 11 is 0. The summed E-state index contributed by atoms with van der Waals surface area (Å²) in [6.07, 6.45) is 13.1. The molecule has 0 spiro atoms. The van der Waals surface area contributed by atoms with Crippen LogP contribution in [0.2, 0.25) is 0 Å². The third-order valence-electron chi connectivity index (χ3n) is 10.4. The summed E-state index contributed by atoms with van der Waals surface area (Å²) in [5, 5.41) is 10.2. The molecule has 0 aliphatic heterocycles. The minimum absolute atomic E-state index is 0.0463. The number of aliphatic hydroxyl groups is 1. The molecule has 28 heavy (non-hydrogen) atoms. The van der Waals surface area contributed by atoms with Crippen molar-refractivity contribution in [2.75, 3.05) is 7.11 Å². The number of hydrogen-bond acceptors (Lipinski definition) is 3. The van der Waals surface area contributed by atoms with E-state index >= 15 is 0 Å². The number of esters is 1. The number of carbonyl (C=O) groups is 1. The van der Waals surface area contributed by atoms with Crippen LogP contribution in [0.4, 0.5) is 0 Å². The van der Waals surface area contributed by atoms with E-state index < -0.39 is 0 Å². The first-order valence-electron chi connectivity index (χ1n) is 12.0. The average Bonchev–Trinajstić information content (AvgIpc) is 3.03. The molecule has 3 heteroatoms. The van der Waals surface area contributed by atoms with Crippen molar-refractivity contribution < 1.29 is 14.6 Å². The van der Waals surface area contributed by atoms with Crippen LogP contribution in [0.3, 0.4) is 0 Å². The number of ether oxygens (including phenoxy) is 1. The van der Waals surface area contributed by atoms with Crippen LogP contribution in [0.5, 0.6) is 0 Å². The summed E-state index contributed by atoms with van der Waals surface area (Å²) in [6.45, 7) is 7.56. The van der Waals surface area contributed by atoms with Gasteiger partial charge in [-0.1, -0.05) is 20.8 Å². The predicted octanol–water partition coefficient (Wildman–Crippen LogP) is 5.60. The molecule has 4 fully saturated rings. The Morgan fingerprint density at radius 1 is 1.04 bits per heavy atom. The second-order valence-electron chi connectivity index (χ2n) is 11.4. The van der Waals surface area contributed by atoms with Crippen LogP contribution in [0.15, 0.2) is 0 Å². The number of fused-ring (bicyclic) bond motifs is 5. The van der Waals surface area contributed by atoms with Gasteiger partial charge in [0.05, 0.1) is 13.2 Å². The van der Waals surface area contributed by atoms with Crippen molar-refractivity contribution in [2.24, 2.45) is 46.3 Å². The van der Waals surface area contributed by atoms with E-state index in [0.29, 0.717) is 23.2 Å². The molecule has 0 saturated heterocycles. The molecule has 0 aromatic rings. The Bertz CT molecular complexity index is 588. The predicted molar refractivity (Wildman–Crippen MR) is 112 cm³/mol. The summed E-state index contributed by atoms with van der Waals surface area (Å²) in [5.74, 6) is 4.72. The van der Waals surface area contributed by atoms with Crippen LogP contribution >= 0.6 is 0 Å². The van der Waals surface area contributed by atoms with Gasteiger partial charge in [0.2, 0.25) is 0 Å². The summed E-state index contributed by atoms with van der Waals surface area (Å²) < 4.78 is 4.88. The molecule has 9 atom stereocenters. The van der Waals surface area contributed by atoms with Crippen LogP contribution in [-0.4, -0.2) is 24.3 Å². The molecule has 4 aliphatic rings. The van der Waals surface area contributed by atoms with Crippen LogP contribution in [0.25, 0.3) is 0 Å². The number of aliphatic hydroxyl groups excluding tert-OH is 1. The van der Waals surface area contributed by atoms with Gasteiger partial charge in [-0.3, -0.25) is 4.79 Å². The number of rotatable bonds is 4. The lowest BCUT2D eigenvalue weighted by Crippen LogP contribution is -2.54. The molecule has 0 radical (unpaired) electrons. The summed E-state index contributed by atoms with van der Waals surface area (Å²) in [5.41, 5.74) is 0.937. The molecule has 1 N–H and O–H groups in total. The van der Waals surface area contributed by atoms with Crippen molar-refractivity contribution in [1.82, 2.24) is 0 Å². The second kappa shape index (κ2) is 7.60. The molecule has 0 heterocycles. The van der Waals surface area contributed by atoms with E-state index in [9.17, 15) is 9.90 Å². The van der Waals surface area contributed by atoms with E-state index in [1.807, 2.05) is 0 Å². The molecule has 0 bridgehead atoms. The molecule has 4 saturated carbocycles. The van der Waals surface area contributed by atoms with Gasteiger partial charge < -0.3 is 9.84 Å². The van der Waals surface area contributed by atoms with Crippen molar-refractivity contribution in [3.8, 4) is 0 Å². The maximum atomic E-state index is 11.6. The molecule has 3 nitrogen and oxygen atoms in total. The van der Waals surface area contributed by atoms with Gasteiger partial charge in [-0.15, -0.1) is 0 Å². The lowest BCUT2D eigenvalue weighted by atomic mass is 9.44. The molecule has 0 unspecified atom stereocenters. The van der Waals surface area contributed by atoms with Crippen LogP contribution in [0.1, 0.15) is 91.4 Å². The summed E-state index contributed by atoms with van der Waals surface area (Å²) in [4.78, 5) is 11.6. The van der Waals surface area contributed by atoms with Crippen molar-refractivity contribution in [3.05, 3.63) is 0 Å². The maximum absolute atomic E-state index is 11.6. The molecular weight excluding hydrogens is 348 g/mol. The second-order valence-corrected chi connectivity index (χ2v) is 11.4. The molecule has 0 aromatic carbocycles. The Hall–Kier alpha value is -0.570. The van der Waals surface area contributed by atoms with Gasteiger partial charge in [-0.2, -0.15) is 0 Å². The minimum atomic E-state index is -0.0546. The minimum Gasteiger partial charge on any atom is -0.469 e. The summed E-state index contributed by atoms with van der Waals surface area (Å²) in [7, 11) is 1.50. The van der Waals surface area contributed by atoms with Gasteiger partial charge in [0.1, 0.15) is 0 Å². The Balaban J connectivity index is 1.48. The lowest BCUT2D eigenvalue weighted by Gasteiger charge is -2.61. The van der Waals surface area contributed by atoms with E-state index in [4.69, 9.17) is 4.74 Å². The number of hydrogen-bond donors (Lipinski definition) is 1. The fraction of sp³-hybridized carbons (Fsp3) is 0.960. The molecule has 0 aromatic heterocycles. The highest BCUT2D eigenvalue weighted by atomic mass is 16.5. The highest BCUT2D eigenvalue weighted by Gasteiger charge is 2.60. The zero-order chi connectivity index (χ0) is 20.1. The zero-order valence-electron chi connectivity index (χ0n) is 18.6. The quantitative estimate of drug-likeness (QED) is 0.636. The Kier molecular flexibility index (Phi) is 5.61. The Morgan fingerprint density at radius 3 is 2.50 bits per heavy atom. The van der Waals surface area contributed by atoms with Crippen molar-refractivity contribution in [2.45, 2.75) is 97.5 Å². The highest BCUT2D eigenvalue weighted by molar-refractivity contribution is 5.69. The first-order chi connectivity index (χ1) is 13.3. The van der Waals surface area contributed by atoms with Crippen molar-refractivity contribution >= 4 is 5.97 Å². The maximum Gasteiger partial charge on any atom is 0.305 e. The fourth-order valence-corrected chi connectivity index (χ4v) is 8.86. The van der Waals surface area contributed by atoms with Gasteiger partial charge in [0, 0.05) is 6.42 Å². The normalized spacial score (nSPS) is 48.9. The molecule has 0 amide bonds. The van der Waals surface area contributed by atoms with Crippen molar-refractivity contribution in [3.63, 3.8) is 0 Å². The third kappa shape index (κ3) is 3.24. The Labute approximate surface area is 172 Å². The monoisotopic (exact) mass is 390 g/mol. The van der Waals surface area contributed by atoms with E-state index in [1.165, 1.54) is 52.1 Å². The van der Waals surface area contributed by atoms with Gasteiger partial charge in [-0.25, -0.2) is 0 Å². The van der Waals surface area contributed by atoms with E-state index in [2.05, 4.69) is 20.8 Å². The van der Waals surface area contributed by atoms with Crippen molar-refractivity contribution in [1.29, 1.82) is 0 Å². The van der Waals surface area contributed by atoms with Crippen LogP contribution < -0.4 is 0 Å². The molecule has 160 valence electrons. The van der Waals surface area contributed by atoms with Gasteiger partial charge in [-0.05, 0) is 111 Å². The highest BCUT2D eigenvalue weighted by Crippen LogP contribution is 2.68. The largest absolute Gasteiger partial charge is 0.469 e. The molecule has 4 rings (SSSR count). The van der Waals surface area contributed by atoms with Crippen LogP contribution in [-0.2, 0) is 9.53 Å². The average molecular weight is 391 g/mol. The number of carbonyl (C=O) groups excluding carboxylic acids is 1. The van der Waals surface area contributed by atoms with Gasteiger partial charge in [0.15, 0.2) is 0 Å². The zero-order valence-corrected chi connectivity index (χ0v) is 18.6. The fourth-order valence-electron chi connectivity index (χ4n) is 8.86. The topological polar surface area (TPSA) is 46.5 Å². The SMILES string of the molecule is COC(=O)CC[C@@H](C)[C@@H]1CC[C@@H]2[C@@H]3CC[C@H]4C[C@@H](O)CC[C@@]4(C)[C@@H]3CC[C@]21C. The van der Waals surface area contributed by atoms with E-state index in [-0.39, 0.29) is 12.1 Å². The van der Waals surface area contributed by atoms with Gasteiger partial charge in [0.25, 0.3) is 0 Å². The van der Waals surface area contributed by atoms with E-state index in [1.54, 1.807) is 0 Å².